The number of amides is 1. The first kappa shape index (κ1) is 18.1. The van der Waals surface area contributed by atoms with Gasteiger partial charge in [-0.3, -0.25) is 9.69 Å². The van der Waals surface area contributed by atoms with Gasteiger partial charge in [-0.15, -0.1) is 0 Å². The summed E-state index contributed by atoms with van der Waals surface area (Å²) in [5.74, 6) is 1.38. The highest BCUT2D eigenvalue weighted by Crippen LogP contribution is 2.19. The second kappa shape index (κ2) is 8.02. The molecule has 1 heterocycles. The van der Waals surface area contributed by atoms with Gasteiger partial charge < -0.3 is 14.5 Å². The number of carbonyl (C=O) groups is 1. The van der Waals surface area contributed by atoms with Crippen LogP contribution in [0.1, 0.15) is 29.9 Å². The number of nitrogens with one attached hydrogen (secondary N) is 1. The normalized spacial score (nSPS) is 13.6. The van der Waals surface area contributed by atoms with Crippen LogP contribution in [0.25, 0.3) is 0 Å². The topological polar surface area (TPSA) is 54.7 Å². The van der Waals surface area contributed by atoms with Crippen LogP contribution >= 0.6 is 0 Å². The van der Waals surface area contributed by atoms with Crippen LogP contribution in [0.15, 0.2) is 41.0 Å². The molecule has 0 aliphatic heterocycles. The molecule has 0 spiro atoms. The van der Waals surface area contributed by atoms with Crippen LogP contribution in [0.2, 0.25) is 0 Å². The maximum absolute atomic E-state index is 12.3. The summed E-state index contributed by atoms with van der Waals surface area (Å²) in [7, 11) is 3.91. The molecule has 0 bridgehead atoms. The van der Waals surface area contributed by atoms with E-state index in [0.29, 0.717) is 12.3 Å². The number of hydrogen-bond donors (Lipinski definition) is 1. The number of hydrogen-bond acceptors (Lipinski definition) is 4. The quantitative estimate of drug-likeness (QED) is 0.848. The zero-order valence-corrected chi connectivity index (χ0v) is 15.0. The van der Waals surface area contributed by atoms with Crippen molar-refractivity contribution in [2.45, 2.75) is 32.9 Å². The molecule has 0 unspecified atom stereocenters. The zero-order valence-electron chi connectivity index (χ0n) is 15.0. The number of ether oxygens (including phenoxy) is 1. The number of furan rings is 1. The van der Waals surface area contributed by atoms with E-state index in [0.717, 1.165) is 11.3 Å². The maximum atomic E-state index is 12.3. The summed E-state index contributed by atoms with van der Waals surface area (Å²) in [6, 6.07) is 9.57. The first-order chi connectivity index (χ1) is 11.4. The highest BCUT2D eigenvalue weighted by Gasteiger charge is 2.20. The van der Waals surface area contributed by atoms with E-state index >= 15 is 0 Å². The maximum Gasteiger partial charge on any atom is 0.260 e. The van der Waals surface area contributed by atoms with Crippen molar-refractivity contribution in [1.29, 1.82) is 0 Å². The summed E-state index contributed by atoms with van der Waals surface area (Å²) < 4.78 is 11.2. The lowest BCUT2D eigenvalue weighted by atomic mass is 10.1. The van der Waals surface area contributed by atoms with Crippen molar-refractivity contribution >= 4 is 5.91 Å². The molecule has 2 rings (SSSR count). The van der Waals surface area contributed by atoms with Gasteiger partial charge in [-0.2, -0.15) is 0 Å². The molecule has 0 fully saturated rings. The van der Waals surface area contributed by atoms with Crippen LogP contribution in [-0.2, 0) is 4.79 Å². The van der Waals surface area contributed by atoms with E-state index in [-0.39, 0.29) is 11.9 Å². The number of aryl methyl sites for hydroxylation is 2. The van der Waals surface area contributed by atoms with Crippen LogP contribution < -0.4 is 10.1 Å². The molecule has 1 amide bonds. The number of likely N-dealkylation sites (N-methyl/N-ethyl adjacent to an activating group) is 1. The Bertz CT molecular complexity index is 665. The van der Waals surface area contributed by atoms with Crippen molar-refractivity contribution in [3.8, 4) is 5.75 Å². The summed E-state index contributed by atoms with van der Waals surface area (Å²) in [5.41, 5.74) is 2.34. The fourth-order valence-electron chi connectivity index (χ4n) is 2.40. The SMILES string of the molecule is Cc1ccc(O[C@@H](C)C(=O)NC[C@H](c2ccco2)N(C)C)cc1C. The molecule has 5 nitrogen and oxygen atoms in total. The number of rotatable bonds is 7. The molecule has 0 saturated heterocycles. The highest BCUT2D eigenvalue weighted by molar-refractivity contribution is 5.80. The van der Waals surface area contributed by atoms with Crippen molar-refractivity contribution in [2.24, 2.45) is 0 Å². The Kier molecular flexibility index (Phi) is 6.04. The molecule has 0 saturated carbocycles. The molecular formula is C19H26N2O3. The molecule has 1 N–H and O–H groups in total. The minimum absolute atomic E-state index is 0.0160. The Morgan fingerprint density at radius 3 is 2.58 bits per heavy atom. The molecule has 0 radical (unpaired) electrons. The second-order valence-corrected chi connectivity index (χ2v) is 6.25. The van der Waals surface area contributed by atoms with Crippen molar-refractivity contribution in [3.05, 3.63) is 53.5 Å². The Labute approximate surface area is 143 Å². The molecule has 24 heavy (non-hydrogen) atoms. The molecule has 5 heteroatoms. The van der Waals surface area contributed by atoms with Crippen molar-refractivity contribution in [1.82, 2.24) is 10.2 Å². The molecule has 0 aliphatic carbocycles. The van der Waals surface area contributed by atoms with Gasteiger partial charge >= 0.3 is 0 Å². The highest BCUT2D eigenvalue weighted by atomic mass is 16.5. The van der Waals surface area contributed by atoms with E-state index in [9.17, 15) is 4.79 Å². The minimum Gasteiger partial charge on any atom is -0.481 e. The van der Waals surface area contributed by atoms with E-state index in [1.165, 1.54) is 5.56 Å². The van der Waals surface area contributed by atoms with E-state index in [4.69, 9.17) is 9.15 Å². The Hall–Kier alpha value is -2.27. The van der Waals surface area contributed by atoms with Crippen molar-refractivity contribution < 1.29 is 13.9 Å². The van der Waals surface area contributed by atoms with Gasteiger partial charge in [0.05, 0.1) is 12.3 Å². The number of benzene rings is 1. The Morgan fingerprint density at radius 1 is 1.25 bits per heavy atom. The molecule has 2 atom stereocenters. The zero-order chi connectivity index (χ0) is 17.7. The lowest BCUT2D eigenvalue weighted by Crippen LogP contribution is -2.40. The van der Waals surface area contributed by atoms with Crippen LogP contribution in [0.5, 0.6) is 5.75 Å². The van der Waals surface area contributed by atoms with Crippen LogP contribution in [-0.4, -0.2) is 37.6 Å². The van der Waals surface area contributed by atoms with Gasteiger partial charge in [0.25, 0.3) is 5.91 Å². The second-order valence-electron chi connectivity index (χ2n) is 6.25. The first-order valence-corrected chi connectivity index (χ1v) is 8.10. The van der Waals surface area contributed by atoms with Gasteiger partial charge in [0.15, 0.2) is 6.10 Å². The number of nitrogens with zero attached hydrogens (tertiary/aromatic N) is 1. The van der Waals surface area contributed by atoms with Gasteiger partial charge in [-0.05, 0) is 70.3 Å². The molecule has 0 aliphatic rings. The standard InChI is InChI=1S/C19H26N2O3/c1-13-8-9-16(11-14(13)2)24-15(3)19(22)20-12-17(21(4)5)18-7-6-10-23-18/h6-11,15,17H,12H2,1-5H3,(H,20,22)/t15-,17+/m0/s1. The van der Waals surface area contributed by atoms with E-state index in [2.05, 4.69) is 5.32 Å². The Morgan fingerprint density at radius 2 is 2.00 bits per heavy atom. The average Bonchev–Trinajstić information content (AvgIpc) is 3.04. The smallest absolute Gasteiger partial charge is 0.260 e. The third kappa shape index (κ3) is 4.61. The molecule has 2 aromatic rings. The summed E-state index contributed by atoms with van der Waals surface area (Å²) in [4.78, 5) is 14.3. The minimum atomic E-state index is -0.563. The first-order valence-electron chi connectivity index (χ1n) is 8.10. The van der Waals surface area contributed by atoms with Crippen molar-refractivity contribution in [3.63, 3.8) is 0 Å². The predicted octanol–water partition coefficient (Wildman–Crippen LogP) is 3.08. The largest absolute Gasteiger partial charge is 0.481 e. The third-order valence-corrected chi connectivity index (χ3v) is 4.13. The van der Waals surface area contributed by atoms with Crippen LogP contribution in [0.3, 0.4) is 0 Å². The van der Waals surface area contributed by atoms with Gasteiger partial charge in [-0.1, -0.05) is 6.07 Å². The molecular weight excluding hydrogens is 304 g/mol. The molecule has 1 aromatic carbocycles. The fourth-order valence-corrected chi connectivity index (χ4v) is 2.40. The number of carbonyl (C=O) groups excluding carboxylic acids is 1. The summed E-state index contributed by atoms with van der Waals surface area (Å²) in [6.07, 6.45) is 1.07. The lowest BCUT2D eigenvalue weighted by Gasteiger charge is -2.23. The van der Waals surface area contributed by atoms with Crippen LogP contribution in [0, 0.1) is 13.8 Å². The van der Waals surface area contributed by atoms with Gasteiger partial charge in [0.1, 0.15) is 11.5 Å². The summed E-state index contributed by atoms with van der Waals surface area (Å²) in [6.45, 7) is 6.28. The van der Waals surface area contributed by atoms with Crippen molar-refractivity contribution in [2.75, 3.05) is 20.6 Å². The lowest BCUT2D eigenvalue weighted by molar-refractivity contribution is -0.127. The molecule has 1 aromatic heterocycles. The van der Waals surface area contributed by atoms with Gasteiger partial charge in [0, 0.05) is 6.54 Å². The summed E-state index contributed by atoms with van der Waals surface area (Å²) >= 11 is 0. The third-order valence-electron chi connectivity index (χ3n) is 4.13. The van der Waals surface area contributed by atoms with E-state index in [1.807, 2.05) is 63.2 Å². The summed E-state index contributed by atoms with van der Waals surface area (Å²) in [5, 5.41) is 2.93. The fraction of sp³-hybridized carbons (Fsp3) is 0.421. The van der Waals surface area contributed by atoms with E-state index < -0.39 is 6.10 Å². The average molecular weight is 330 g/mol. The van der Waals surface area contributed by atoms with Gasteiger partial charge in [-0.25, -0.2) is 0 Å². The molecule has 130 valence electrons. The van der Waals surface area contributed by atoms with Crippen LogP contribution in [0.4, 0.5) is 0 Å². The predicted molar refractivity (Wildman–Crippen MR) is 94.2 cm³/mol. The van der Waals surface area contributed by atoms with Gasteiger partial charge in [0.2, 0.25) is 0 Å². The van der Waals surface area contributed by atoms with E-state index in [1.54, 1.807) is 13.2 Å². The Balaban J connectivity index is 1.92. The monoisotopic (exact) mass is 330 g/mol.